The number of benzene rings is 1. The molecule has 0 aliphatic carbocycles. The number of aromatic nitrogens is 1. The Hall–Kier alpha value is -2.10. The van der Waals surface area contributed by atoms with E-state index < -0.39 is 0 Å². The zero-order chi connectivity index (χ0) is 11.4. The molecular weight excluding hydrogens is 209 g/mol. The molecule has 16 heavy (non-hydrogen) atoms. The average Bonchev–Trinajstić information content (AvgIpc) is 2.80. The molecule has 2 rings (SSSR count). The summed E-state index contributed by atoms with van der Waals surface area (Å²) in [7, 11) is 1.50. The highest BCUT2D eigenvalue weighted by Gasteiger charge is 2.01. The summed E-state index contributed by atoms with van der Waals surface area (Å²) in [6.45, 7) is 0. The fourth-order valence-electron chi connectivity index (χ4n) is 1.25. The first kappa shape index (κ1) is 10.4. The fourth-order valence-corrected chi connectivity index (χ4v) is 1.25. The molecule has 0 radical (unpaired) electrons. The van der Waals surface area contributed by atoms with Crippen LogP contribution in [0.5, 0.6) is 5.75 Å². The monoisotopic (exact) mass is 219 g/mol. The molecule has 0 bridgehead atoms. The lowest BCUT2D eigenvalue weighted by atomic mass is 10.2. The van der Waals surface area contributed by atoms with E-state index in [0.29, 0.717) is 17.2 Å². The van der Waals surface area contributed by atoms with Crippen molar-refractivity contribution in [3.63, 3.8) is 0 Å². The number of halogens is 1. The van der Waals surface area contributed by atoms with Crippen LogP contribution < -0.4 is 4.74 Å². The molecular formula is C12H10FNO2. The van der Waals surface area contributed by atoms with Crippen molar-refractivity contribution in [3.8, 4) is 5.75 Å². The molecule has 0 atom stereocenters. The van der Waals surface area contributed by atoms with Gasteiger partial charge in [-0.1, -0.05) is 0 Å². The van der Waals surface area contributed by atoms with Gasteiger partial charge >= 0.3 is 0 Å². The first-order chi connectivity index (χ1) is 7.79. The van der Waals surface area contributed by atoms with Gasteiger partial charge in [-0.25, -0.2) is 9.37 Å². The molecule has 4 heteroatoms. The Morgan fingerprint density at radius 1 is 1.38 bits per heavy atom. The minimum atomic E-state index is -0.345. The van der Waals surface area contributed by atoms with Crippen molar-refractivity contribution in [3.05, 3.63) is 47.9 Å². The minimum Gasteiger partial charge on any atom is -0.497 e. The van der Waals surface area contributed by atoms with Crippen molar-refractivity contribution in [2.75, 3.05) is 7.11 Å². The number of methoxy groups -OCH3 is 1. The standard InChI is InChI=1S/C12H10FNO2/c1-15-10-4-2-9(11(13)8-10)3-5-12-14-6-7-16-12/h2-8H,1H3. The Bertz CT molecular complexity index is 492. The van der Waals surface area contributed by atoms with Gasteiger partial charge in [0.05, 0.1) is 13.3 Å². The summed E-state index contributed by atoms with van der Waals surface area (Å²) >= 11 is 0. The lowest BCUT2D eigenvalue weighted by Gasteiger charge is -2.01. The molecule has 2 aromatic rings. The van der Waals surface area contributed by atoms with Crippen LogP contribution in [0.2, 0.25) is 0 Å². The van der Waals surface area contributed by atoms with E-state index >= 15 is 0 Å². The largest absolute Gasteiger partial charge is 0.497 e. The molecule has 0 unspecified atom stereocenters. The van der Waals surface area contributed by atoms with E-state index in [0.717, 1.165) is 0 Å². The number of oxazole rings is 1. The molecule has 1 aromatic heterocycles. The van der Waals surface area contributed by atoms with Crippen molar-refractivity contribution in [2.45, 2.75) is 0 Å². The highest BCUT2D eigenvalue weighted by atomic mass is 19.1. The van der Waals surface area contributed by atoms with Gasteiger partial charge in [0, 0.05) is 17.7 Å². The zero-order valence-corrected chi connectivity index (χ0v) is 8.68. The number of hydrogen-bond donors (Lipinski definition) is 0. The van der Waals surface area contributed by atoms with E-state index in [1.807, 2.05) is 0 Å². The average molecular weight is 219 g/mol. The Balaban J connectivity index is 2.22. The molecule has 3 nitrogen and oxygen atoms in total. The smallest absolute Gasteiger partial charge is 0.218 e. The fraction of sp³-hybridized carbons (Fsp3) is 0.0833. The zero-order valence-electron chi connectivity index (χ0n) is 8.68. The Labute approximate surface area is 92.2 Å². The van der Waals surface area contributed by atoms with Gasteiger partial charge in [0.25, 0.3) is 0 Å². The Morgan fingerprint density at radius 2 is 2.25 bits per heavy atom. The normalized spacial score (nSPS) is 10.9. The van der Waals surface area contributed by atoms with Crippen LogP contribution in [0.25, 0.3) is 12.2 Å². The molecule has 1 heterocycles. The lowest BCUT2D eigenvalue weighted by Crippen LogP contribution is -1.86. The van der Waals surface area contributed by atoms with Crippen molar-refractivity contribution < 1.29 is 13.5 Å². The summed E-state index contributed by atoms with van der Waals surface area (Å²) in [6.07, 6.45) is 6.19. The van der Waals surface area contributed by atoms with Crippen molar-refractivity contribution >= 4 is 12.2 Å². The maximum Gasteiger partial charge on any atom is 0.218 e. The summed E-state index contributed by atoms with van der Waals surface area (Å²) in [5.41, 5.74) is 0.457. The van der Waals surface area contributed by atoms with Gasteiger partial charge in [0.15, 0.2) is 0 Å². The Kier molecular flexibility index (Phi) is 3.00. The summed E-state index contributed by atoms with van der Waals surface area (Å²) in [5.74, 6) is 0.586. The van der Waals surface area contributed by atoms with E-state index in [9.17, 15) is 4.39 Å². The van der Waals surface area contributed by atoms with E-state index in [-0.39, 0.29) is 5.82 Å². The second kappa shape index (κ2) is 4.61. The first-order valence-electron chi connectivity index (χ1n) is 4.71. The second-order valence-corrected chi connectivity index (χ2v) is 3.09. The molecule has 0 aliphatic heterocycles. The quantitative estimate of drug-likeness (QED) is 0.796. The minimum absolute atomic E-state index is 0.345. The van der Waals surface area contributed by atoms with Gasteiger partial charge in [-0.2, -0.15) is 0 Å². The molecule has 0 spiro atoms. The lowest BCUT2D eigenvalue weighted by molar-refractivity contribution is 0.411. The molecule has 0 aliphatic rings. The van der Waals surface area contributed by atoms with Crippen LogP contribution in [-0.2, 0) is 0 Å². The highest BCUT2D eigenvalue weighted by molar-refractivity contribution is 5.66. The summed E-state index contributed by atoms with van der Waals surface area (Å²) in [5, 5.41) is 0. The van der Waals surface area contributed by atoms with Crippen LogP contribution in [0.1, 0.15) is 11.5 Å². The predicted molar refractivity (Wildman–Crippen MR) is 58.4 cm³/mol. The van der Waals surface area contributed by atoms with E-state index in [1.54, 1.807) is 24.3 Å². The molecule has 82 valence electrons. The summed E-state index contributed by atoms with van der Waals surface area (Å²) in [6, 6.07) is 4.65. The van der Waals surface area contributed by atoms with Crippen molar-refractivity contribution in [1.29, 1.82) is 0 Å². The van der Waals surface area contributed by atoms with Gasteiger partial charge in [-0.15, -0.1) is 0 Å². The van der Waals surface area contributed by atoms with E-state index in [2.05, 4.69) is 4.98 Å². The number of hydrogen-bond acceptors (Lipinski definition) is 3. The molecule has 0 saturated carbocycles. The van der Waals surface area contributed by atoms with Crippen LogP contribution >= 0.6 is 0 Å². The van der Waals surface area contributed by atoms with Crippen molar-refractivity contribution in [1.82, 2.24) is 4.98 Å². The topological polar surface area (TPSA) is 35.3 Å². The Morgan fingerprint density at radius 3 is 2.88 bits per heavy atom. The van der Waals surface area contributed by atoms with Crippen LogP contribution in [0.15, 0.2) is 35.1 Å². The number of rotatable bonds is 3. The maximum absolute atomic E-state index is 13.5. The third kappa shape index (κ3) is 2.28. The SMILES string of the molecule is COc1ccc(C=Cc2ncco2)c(F)c1. The third-order valence-electron chi connectivity index (χ3n) is 2.06. The number of nitrogens with zero attached hydrogens (tertiary/aromatic N) is 1. The molecule has 0 fully saturated rings. The van der Waals surface area contributed by atoms with Crippen LogP contribution in [-0.4, -0.2) is 12.1 Å². The van der Waals surface area contributed by atoms with Gasteiger partial charge < -0.3 is 9.15 Å². The highest BCUT2D eigenvalue weighted by Crippen LogP contribution is 2.18. The van der Waals surface area contributed by atoms with Crippen LogP contribution in [0, 0.1) is 5.82 Å². The third-order valence-corrected chi connectivity index (χ3v) is 2.06. The number of ether oxygens (including phenoxy) is 1. The molecule has 0 saturated heterocycles. The van der Waals surface area contributed by atoms with Crippen molar-refractivity contribution in [2.24, 2.45) is 0 Å². The summed E-state index contributed by atoms with van der Waals surface area (Å²) < 4.78 is 23.4. The maximum atomic E-state index is 13.5. The first-order valence-corrected chi connectivity index (χ1v) is 4.71. The van der Waals surface area contributed by atoms with Gasteiger partial charge in [-0.3, -0.25) is 0 Å². The van der Waals surface area contributed by atoms with Crippen LogP contribution in [0.3, 0.4) is 0 Å². The van der Waals surface area contributed by atoms with E-state index in [1.165, 1.54) is 25.6 Å². The molecule has 0 amide bonds. The molecule has 1 aromatic carbocycles. The molecule has 0 N–H and O–H groups in total. The van der Waals surface area contributed by atoms with E-state index in [4.69, 9.17) is 9.15 Å². The van der Waals surface area contributed by atoms with Crippen LogP contribution in [0.4, 0.5) is 4.39 Å². The predicted octanol–water partition coefficient (Wildman–Crippen LogP) is 2.99. The van der Waals surface area contributed by atoms with Gasteiger partial charge in [-0.05, 0) is 18.2 Å². The van der Waals surface area contributed by atoms with Gasteiger partial charge in [0.2, 0.25) is 5.89 Å². The van der Waals surface area contributed by atoms with Gasteiger partial charge in [0.1, 0.15) is 17.8 Å². The summed E-state index contributed by atoms with van der Waals surface area (Å²) in [4.78, 5) is 3.89. The second-order valence-electron chi connectivity index (χ2n) is 3.09.